The minimum atomic E-state index is -0.146. The number of benzene rings is 1. The van der Waals surface area contributed by atoms with Crippen LogP contribution >= 0.6 is 0 Å². The molecule has 0 spiro atoms. The summed E-state index contributed by atoms with van der Waals surface area (Å²) in [6.07, 6.45) is 7.08. The van der Waals surface area contributed by atoms with E-state index in [1.807, 2.05) is 4.68 Å². The number of likely N-dealkylation sites (tertiary alicyclic amines) is 1. The highest BCUT2D eigenvalue weighted by Gasteiger charge is 2.38. The van der Waals surface area contributed by atoms with Gasteiger partial charge in [0.25, 0.3) is 5.56 Å². The number of aromatic amines is 1. The van der Waals surface area contributed by atoms with E-state index in [0.717, 1.165) is 53.8 Å². The molecule has 0 radical (unpaired) electrons. The first kappa shape index (κ1) is 20.4. The number of quaternary nitrogens is 1. The third-order valence-corrected chi connectivity index (χ3v) is 7.31. The predicted molar refractivity (Wildman–Crippen MR) is 120 cm³/mol. The zero-order valence-electron chi connectivity index (χ0n) is 18.8. The van der Waals surface area contributed by atoms with Crippen molar-refractivity contribution in [1.82, 2.24) is 25.2 Å². The Hall–Kier alpha value is -2.54. The fraction of sp³-hybridized carbons (Fsp3) is 0.583. The SMILES string of the molecule is Cc1cc(C)c2cc([C@H](c3nnnn3C3CCCC3)[NH+]3CCC[C@H](C)C3)c(=O)[nH]c2c1. The molecule has 1 aliphatic heterocycles. The molecule has 7 heteroatoms. The Bertz CT molecular complexity index is 1140. The largest absolute Gasteiger partial charge is 0.322 e. The van der Waals surface area contributed by atoms with E-state index in [1.165, 1.54) is 36.1 Å². The molecule has 1 saturated carbocycles. The molecule has 2 fully saturated rings. The lowest BCUT2D eigenvalue weighted by Gasteiger charge is -2.34. The van der Waals surface area contributed by atoms with E-state index in [0.29, 0.717) is 12.0 Å². The lowest BCUT2D eigenvalue weighted by Crippen LogP contribution is -3.14. The summed E-state index contributed by atoms with van der Waals surface area (Å²) >= 11 is 0. The van der Waals surface area contributed by atoms with Crippen LogP contribution < -0.4 is 10.5 Å². The maximum absolute atomic E-state index is 13.4. The van der Waals surface area contributed by atoms with E-state index in [9.17, 15) is 4.79 Å². The Labute approximate surface area is 182 Å². The van der Waals surface area contributed by atoms with Gasteiger partial charge in [-0.1, -0.05) is 25.8 Å². The van der Waals surface area contributed by atoms with E-state index in [4.69, 9.17) is 0 Å². The van der Waals surface area contributed by atoms with Crippen LogP contribution in [0.3, 0.4) is 0 Å². The standard InChI is InChI=1S/C24H32N6O/c1-15-7-6-10-29(14-15)22(23-26-27-28-30(23)18-8-4-5-9-18)20-13-19-17(3)11-16(2)12-21(19)25-24(20)31/h11-13,15,18,22H,4-10,14H2,1-3H3,(H,25,31)/p+1/t15-,22+/m0/s1. The highest BCUT2D eigenvalue weighted by molar-refractivity contribution is 5.83. The van der Waals surface area contributed by atoms with Crippen LogP contribution in [0.25, 0.3) is 10.9 Å². The molecule has 3 atom stereocenters. The summed E-state index contributed by atoms with van der Waals surface area (Å²) in [5.41, 5.74) is 4.02. The molecule has 0 amide bonds. The van der Waals surface area contributed by atoms with Gasteiger partial charge in [-0.15, -0.1) is 5.10 Å². The van der Waals surface area contributed by atoms with Crippen LogP contribution in [0, 0.1) is 19.8 Å². The summed E-state index contributed by atoms with van der Waals surface area (Å²) in [5.74, 6) is 1.48. The van der Waals surface area contributed by atoms with Gasteiger partial charge in [-0.2, -0.15) is 0 Å². The van der Waals surface area contributed by atoms with Gasteiger partial charge in [0.1, 0.15) is 0 Å². The monoisotopic (exact) mass is 421 g/mol. The number of piperidine rings is 1. The molecular weight excluding hydrogens is 388 g/mol. The van der Waals surface area contributed by atoms with Crippen LogP contribution in [-0.4, -0.2) is 38.3 Å². The maximum atomic E-state index is 13.4. The van der Waals surface area contributed by atoms with Crippen molar-refractivity contribution < 1.29 is 4.90 Å². The summed E-state index contributed by atoms with van der Waals surface area (Å²) in [6.45, 7) is 8.57. The Morgan fingerprint density at radius 1 is 1.13 bits per heavy atom. The van der Waals surface area contributed by atoms with Gasteiger partial charge in [0, 0.05) is 16.8 Å². The number of H-pyrrole nitrogens is 1. The zero-order chi connectivity index (χ0) is 21.5. The average molecular weight is 422 g/mol. The molecule has 2 aliphatic rings. The van der Waals surface area contributed by atoms with E-state index in [-0.39, 0.29) is 11.6 Å². The lowest BCUT2D eigenvalue weighted by molar-refractivity contribution is -0.934. The summed E-state index contributed by atoms with van der Waals surface area (Å²) < 4.78 is 2.04. The number of nitrogens with one attached hydrogen (secondary N) is 2. The topological polar surface area (TPSA) is 80.9 Å². The van der Waals surface area contributed by atoms with Crippen molar-refractivity contribution in [2.45, 2.75) is 71.4 Å². The number of pyridine rings is 1. The van der Waals surface area contributed by atoms with Crippen LogP contribution in [0.5, 0.6) is 0 Å². The summed E-state index contributed by atoms with van der Waals surface area (Å²) in [6, 6.07) is 6.54. The van der Waals surface area contributed by atoms with Crippen molar-refractivity contribution in [1.29, 1.82) is 0 Å². The normalized spacial score (nSPS) is 23.5. The fourth-order valence-electron chi connectivity index (χ4n) is 5.84. The van der Waals surface area contributed by atoms with Gasteiger partial charge in [-0.25, -0.2) is 4.68 Å². The first-order valence-corrected chi connectivity index (χ1v) is 11.8. The molecule has 2 N–H and O–H groups in total. The smallest absolute Gasteiger partial charge is 0.258 e. The van der Waals surface area contributed by atoms with Crippen molar-refractivity contribution in [3.8, 4) is 0 Å². The molecule has 7 nitrogen and oxygen atoms in total. The molecule has 3 heterocycles. The highest BCUT2D eigenvalue weighted by Crippen LogP contribution is 2.31. The second-order valence-corrected chi connectivity index (χ2v) is 9.81. The first-order chi connectivity index (χ1) is 15.0. The number of hydrogen-bond acceptors (Lipinski definition) is 4. The number of fused-ring (bicyclic) bond motifs is 1. The Kier molecular flexibility index (Phi) is 5.38. The first-order valence-electron chi connectivity index (χ1n) is 11.8. The van der Waals surface area contributed by atoms with Crippen molar-refractivity contribution >= 4 is 10.9 Å². The third-order valence-electron chi connectivity index (χ3n) is 7.31. The number of rotatable bonds is 4. The summed E-state index contributed by atoms with van der Waals surface area (Å²) in [4.78, 5) is 18.0. The van der Waals surface area contributed by atoms with Gasteiger partial charge in [-0.05, 0) is 73.2 Å². The minimum Gasteiger partial charge on any atom is -0.322 e. The Morgan fingerprint density at radius 2 is 1.94 bits per heavy atom. The lowest BCUT2D eigenvalue weighted by atomic mass is 9.95. The van der Waals surface area contributed by atoms with Gasteiger partial charge >= 0.3 is 0 Å². The molecule has 1 aromatic carbocycles. The van der Waals surface area contributed by atoms with Gasteiger partial charge in [0.05, 0.1) is 24.7 Å². The molecule has 164 valence electrons. The Morgan fingerprint density at radius 3 is 2.71 bits per heavy atom. The van der Waals surface area contributed by atoms with E-state index in [2.05, 4.69) is 59.5 Å². The van der Waals surface area contributed by atoms with Gasteiger partial charge in [0.15, 0.2) is 6.04 Å². The summed E-state index contributed by atoms with van der Waals surface area (Å²) in [7, 11) is 0. The second-order valence-electron chi connectivity index (χ2n) is 9.81. The highest BCUT2D eigenvalue weighted by atomic mass is 16.1. The molecule has 2 aromatic heterocycles. The van der Waals surface area contributed by atoms with Gasteiger partial charge in [-0.3, -0.25) is 4.79 Å². The van der Waals surface area contributed by atoms with Crippen LogP contribution in [0.1, 0.15) is 80.0 Å². The number of aromatic nitrogens is 5. The molecule has 3 aromatic rings. The number of tetrazole rings is 1. The summed E-state index contributed by atoms with van der Waals surface area (Å²) in [5, 5.41) is 14.1. The molecule has 0 bridgehead atoms. The zero-order valence-corrected chi connectivity index (χ0v) is 18.8. The van der Waals surface area contributed by atoms with Crippen molar-refractivity contribution in [2.24, 2.45) is 5.92 Å². The van der Waals surface area contributed by atoms with Gasteiger partial charge < -0.3 is 9.88 Å². The van der Waals surface area contributed by atoms with Crippen molar-refractivity contribution in [2.75, 3.05) is 13.1 Å². The molecule has 1 unspecified atom stereocenters. The average Bonchev–Trinajstić information content (AvgIpc) is 3.40. The fourth-order valence-corrected chi connectivity index (χ4v) is 5.84. The molecule has 5 rings (SSSR count). The quantitative estimate of drug-likeness (QED) is 0.679. The van der Waals surface area contributed by atoms with E-state index in [1.54, 1.807) is 0 Å². The van der Waals surface area contributed by atoms with Crippen LogP contribution in [0.2, 0.25) is 0 Å². The maximum Gasteiger partial charge on any atom is 0.258 e. The van der Waals surface area contributed by atoms with E-state index < -0.39 is 0 Å². The second kappa shape index (κ2) is 8.19. The third kappa shape index (κ3) is 3.80. The van der Waals surface area contributed by atoms with Crippen molar-refractivity contribution in [3.63, 3.8) is 0 Å². The number of hydrogen-bond donors (Lipinski definition) is 2. The Balaban J connectivity index is 1.67. The molecule has 1 aliphatic carbocycles. The van der Waals surface area contributed by atoms with Crippen molar-refractivity contribution in [3.05, 3.63) is 51.1 Å². The molecule has 31 heavy (non-hydrogen) atoms. The van der Waals surface area contributed by atoms with Crippen LogP contribution in [-0.2, 0) is 0 Å². The molecular formula is C24H33N6O+. The number of aryl methyl sites for hydroxylation is 2. The minimum absolute atomic E-state index is 0.0193. The predicted octanol–water partition coefficient (Wildman–Crippen LogP) is 2.65. The van der Waals surface area contributed by atoms with E-state index >= 15 is 0 Å². The van der Waals surface area contributed by atoms with Crippen LogP contribution in [0.15, 0.2) is 23.0 Å². The number of nitrogens with zero attached hydrogens (tertiary/aromatic N) is 4. The van der Waals surface area contributed by atoms with Crippen LogP contribution in [0.4, 0.5) is 0 Å². The molecule has 1 saturated heterocycles. The van der Waals surface area contributed by atoms with Gasteiger partial charge in [0.2, 0.25) is 5.82 Å².